The molecule has 1 fully saturated rings. The van der Waals surface area contributed by atoms with E-state index >= 15 is 0 Å². The molecule has 1 saturated heterocycles. The van der Waals surface area contributed by atoms with Crippen LogP contribution >= 0.6 is 0 Å². The SMILES string of the molecule is Cc1cc(C#N)ccc1S(=O)(=O)N1CCN(C(=O)c2ccc(C(C)C)nc2)[C@@H](C)C1. The van der Waals surface area contributed by atoms with Gasteiger partial charge in [-0.15, -0.1) is 0 Å². The van der Waals surface area contributed by atoms with Gasteiger partial charge in [0.2, 0.25) is 10.0 Å². The highest BCUT2D eigenvalue weighted by molar-refractivity contribution is 7.89. The van der Waals surface area contributed by atoms with Crippen molar-refractivity contribution in [3.8, 4) is 6.07 Å². The van der Waals surface area contributed by atoms with Crippen LogP contribution in [0.4, 0.5) is 0 Å². The van der Waals surface area contributed by atoms with Gasteiger partial charge in [-0.25, -0.2) is 8.42 Å². The van der Waals surface area contributed by atoms with Gasteiger partial charge in [0.25, 0.3) is 5.91 Å². The number of amides is 1. The van der Waals surface area contributed by atoms with Crippen LogP contribution in [0.1, 0.15) is 53.9 Å². The number of piperazine rings is 1. The third-order valence-electron chi connectivity index (χ3n) is 5.40. The molecule has 0 bridgehead atoms. The minimum atomic E-state index is -3.71. The topological polar surface area (TPSA) is 94.4 Å². The molecular formula is C22H26N4O3S. The lowest BCUT2D eigenvalue weighted by Crippen LogP contribution is -2.55. The normalized spacial score (nSPS) is 17.7. The molecule has 1 aromatic heterocycles. The molecule has 2 aromatic rings. The lowest BCUT2D eigenvalue weighted by atomic mass is 10.1. The molecule has 0 unspecified atom stereocenters. The predicted octanol–water partition coefficient (Wildman–Crippen LogP) is 2.92. The molecular weight excluding hydrogens is 400 g/mol. The predicted molar refractivity (Wildman–Crippen MR) is 113 cm³/mol. The first kappa shape index (κ1) is 21.9. The van der Waals surface area contributed by atoms with Gasteiger partial charge in [0.05, 0.1) is 22.1 Å². The molecule has 0 spiro atoms. The zero-order chi connectivity index (χ0) is 22.1. The molecule has 1 aromatic carbocycles. The van der Waals surface area contributed by atoms with Gasteiger partial charge in [0, 0.05) is 37.6 Å². The number of benzene rings is 1. The van der Waals surface area contributed by atoms with E-state index in [-0.39, 0.29) is 35.9 Å². The van der Waals surface area contributed by atoms with Crippen molar-refractivity contribution < 1.29 is 13.2 Å². The maximum Gasteiger partial charge on any atom is 0.255 e. The average Bonchev–Trinajstić information content (AvgIpc) is 2.72. The molecule has 1 aliphatic rings. The second-order valence-electron chi connectivity index (χ2n) is 7.93. The van der Waals surface area contributed by atoms with E-state index in [1.165, 1.54) is 16.4 Å². The molecule has 8 heteroatoms. The standard InChI is InChI=1S/C22H26N4O3S/c1-15(2)20-7-6-19(13-24-20)22(27)26-10-9-25(14-17(26)4)30(28,29)21-8-5-18(12-23)11-16(21)3/h5-8,11,13,15,17H,9-10,14H2,1-4H3/t17-/m0/s1. The van der Waals surface area contributed by atoms with Crippen molar-refractivity contribution in [2.75, 3.05) is 19.6 Å². The van der Waals surface area contributed by atoms with E-state index in [0.29, 0.717) is 23.2 Å². The summed E-state index contributed by atoms with van der Waals surface area (Å²) in [6.45, 7) is 8.36. The number of hydrogen-bond acceptors (Lipinski definition) is 5. The Hall–Kier alpha value is -2.76. The number of carbonyl (C=O) groups excluding carboxylic acids is 1. The molecule has 0 radical (unpaired) electrons. The number of hydrogen-bond donors (Lipinski definition) is 0. The van der Waals surface area contributed by atoms with Gasteiger partial charge in [-0.05, 0) is 55.7 Å². The second-order valence-corrected chi connectivity index (χ2v) is 9.84. The van der Waals surface area contributed by atoms with Crippen molar-refractivity contribution in [1.82, 2.24) is 14.2 Å². The third kappa shape index (κ3) is 4.23. The number of nitrogens with zero attached hydrogens (tertiary/aromatic N) is 4. The molecule has 1 aliphatic heterocycles. The van der Waals surface area contributed by atoms with Crippen LogP contribution in [-0.2, 0) is 10.0 Å². The Morgan fingerprint density at radius 3 is 2.50 bits per heavy atom. The van der Waals surface area contributed by atoms with E-state index < -0.39 is 10.0 Å². The van der Waals surface area contributed by atoms with E-state index in [0.717, 1.165) is 5.69 Å². The molecule has 1 amide bonds. The van der Waals surface area contributed by atoms with Gasteiger partial charge in [0.15, 0.2) is 0 Å². The first-order valence-electron chi connectivity index (χ1n) is 9.93. The van der Waals surface area contributed by atoms with Gasteiger partial charge < -0.3 is 4.90 Å². The van der Waals surface area contributed by atoms with E-state index in [1.54, 1.807) is 30.2 Å². The summed E-state index contributed by atoms with van der Waals surface area (Å²) in [7, 11) is -3.71. The van der Waals surface area contributed by atoms with Crippen molar-refractivity contribution >= 4 is 15.9 Å². The van der Waals surface area contributed by atoms with Crippen LogP contribution in [0.15, 0.2) is 41.4 Å². The summed E-state index contributed by atoms with van der Waals surface area (Å²) in [5, 5.41) is 9.00. The summed E-state index contributed by atoms with van der Waals surface area (Å²) in [5.74, 6) is 0.143. The molecule has 158 valence electrons. The third-order valence-corrected chi connectivity index (χ3v) is 7.42. The Bertz CT molecular complexity index is 1090. The number of carbonyl (C=O) groups is 1. The number of rotatable bonds is 4. The van der Waals surface area contributed by atoms with Crippen LogP contribution in [0, 0.1) is 18.3 Å². The highest BCUT2D eigenvalue weighted by Crippen LogP contribution is 2.24. The largest absolute Gasteiger partial charge is 0.333 e. The second kappa shape index (κ2) is 8.54. The van der Waals surface area contributed by atoms with Crippen LogP contribution in [0.3, 0.4) is 0 Å². The Kier molecular flexibility index (Phi) is 6.25. The number of nitriles is 1. The number of aryl methyl sites for hydroxylation is 1. The fraction of sp³-hybridized carbons (Fsp3) is 0.409. The highest BCUT2D eigenvalue weighted by atomic mass is 32.2. The Morgan fingerprint density at radius 2 is 1.97 bits per heavy atom. The van der Waals surface area contributed by atoms with Crippen LogP contribution in [-0.4, -0.2) is 54.2 Å². The molecule has 7 nitrogen and oxygen atoms in total. The summed E-state index contributed by atoms with van der Waals surface area (Å²) in [6.07, 6.45) is 1.59. The first-order chi connectivity index (χ1) is 14.1. The molecule has 1 atom stereocenters. The number of aromatic nitrogens is 1. The van der Waals surface area contributed by atoms with Crippen molar-refractivity contribution in [3.05, 3.63) is 58.9 Å². The smallest absolute Gasteiger partial charge is 0.255 e. The van der Waals surface area contributed by atoms with Crippen molar-refractivity contribution in [1.29, 1.82) is 5.26 Å². The van der Waals surface area contributed by atoms with Crippen LogP contribution in [0.25, 0.3) is 0 Å². The molecule has 30 heavy (non-hydrogen) atoms. The zero-order valence-corrected chi connectivity index (χ0v) is 18.5. The van der Waals surface area contributed by atoms with Gasteiger partial charge in [-0.1, -0.05) is 13.8 Å². The van der Waals surface area contributed by atoms with Crippen LogP contribution in [0.2, 0.25) is 0 Å². The summed E-state index contributed by atoms with van der Waals surface area (Å²) >= 11 is 0. The van der Waals surface area contributed by atoms with Gasteiger partial charge in [0.1, 0.15) is 0 Å². The van der Waals surface area contributed by atoms with E-state index in [1.807, 2.05) is 32.9 Å². The van der Waals surface area contributed by atoms with E-state index in [9.17, 15) is 13.2 Å². The maximum absolute atomic E-state index is 13.1. The van der Waals surface area contributed by atoms with Gasteiger partial charge in [-0.2, -0.15) is 9.57 Å². The highest BCUT2D eigenvalue weighted by Gasteiger charge is 2.35. The quantitative estimate of drug-likeness (QED) is 0.749. The minimum Gasteiger partial charge on any atom is -0.333 e. The summed E-state index contributed by atoms with van der Waals surface area (Å²) in [6, 6.07) is 9.95. The van der Waals surface area contributed by atoms with E-state index in [2.05, 4.69) is 4.98 Å². The summed E-state index contributed by atoms with van der Waals surface area (Å²) in [5.41, 5.74) is 2.39. The number of sulfonamides is 1. The fourth-order valence-electron chi connectivity index (χ4n) is 3.63. The molecule has 0 saturated carbocycles. The molecule has 2 heterocycles. The zero-order valence-electron chi connectivity index (χ0n) is 17.7. The van der Waals surface area contributed by atoms with E-state index in [4.69, 9.17) is 5.26 Å². The molecule has 3 rings (SSSR count). The first-order valence-corrected chi connectivity index (χ1v) is 11.4. The average molecular weight is 427 g/mol. The number of pyridine rings is 1. The van der Waals surface area contributed by atoms with Crippen molar-refractivity contribution in [2.45, 2.75) is 44.6 Å². The summed E-state index contributed by atoms with van der Waals surface area (Å²) < 4.78 is 27.7. The van der Waals surface area contributed by atoms with Crippen LogP contribution < -0.4 is 0 Å². The van der Waals surface area contributed by atoms with Gasteiger partial charge in [-0.3, -0.25) is 9.78 Å². The monoisotopic (exact) mass is 426 g/mol. The molecule has 0 aliphatic carbocycles. The molecule has 0 N–H and O–H groups in total. The maximum atomic E-state index is 13.1. The Morgan fingerprint density at radius 1 is 1.23 bits per heavy atom. The van der Waals surface area contributed by atoms with Gasteiger partial charge >= 0.3 is 0 Å². The Balaban J connectivity index is 1.76. The van der Waals surface area contributed by atoms with Crippen molar-refractivity contribution in [3.63, 3.8) is 0 Å². The lowest BCUT2D eigenvalue weighted by molar-refractivity contribution is 0.0591. The summed E-state index contributed by atoms with van der Waals surface area (Å²) in [4.78, 5) is 19.2. The fourth-order valence-corrected chi connectivity index (χ4v) is 5.35. The van der Waals surface area contributed by atoms with Crippen molar-refractivity contribution in [2.24, 2.45) is 0 Å². The lowest BCUT2D eigenvalue weighted by Gasteiger charge is -2.39. The Labute approximate surface area is 178 Å². The minimum absolute atomic E-state index is 0.142. The van der Waals surface area contributed by atoms with Crippen LogP contribution in [0.5, 0.6) is 0 Å².